The molecule has 5 rings (SSSR count). The molecule has 1 aliphatic rings. The van der Waals surface area contributed by atoms with Gasteiger partial charge in [-0.1, -0.05) is 41.9 Å². The van der Waals surface area contributed by atoms with E-state index in [0.717, 1.165) is 46.5 Å². The Hall–Kier alpha value is -5.23. The molecule has 58 heavy (non-hydrogen) atoms. The highest BCUT2D eigenvalue weighted by Gasteiger charge is 2.45. The van der Waals surface area contributed by atoms with Crippen molar-refractivity contribution in [3.63, 3.8) is 0 Å². The average Bonchev–Trinajstić information content (AvgIpc) is 3.66. The number of benzene rings is 3. The van der Waals surface area contributed by atoms with E-state index in [1.54, 1.807) is 31.3 Å². The molecule has 0 radical (unpaired) electrons. The first-order chi connectivity index (χ1) is 27.9. The minimum absolute atomic E-state index is 0.0132. The summed E-state index contributed by atoms with van der Waals surface area (Å²) in [5.41, 5.74) is 4.10. The Labute approximate surface area is 344 Å². The van der Waals surface area contributed by atoms with Crippen molar-refractivity contribution < 1.29 is 43.9 Å². The van der Waals surface area contributed by atoms with Gasteiger partial charge in [-0.05, 0) is 93.1 Å². The number of carboxylic acids is 1. The van der Waals surface area contributed by atoms with Gasteiger partial charge in [-0.3, -0.25) is 19.9 Å². The van der Waals surface area contributed by atoms with Gasteiger partial charge < -0.3 is 39.2 Å². The zero-order chi connectivity index (χ0) is 41.9. The summed E-state index contributed by atoms with van der Waals surface area (Å²) in [6.07, 6.45) is 4.37. The van der Waals surface area contributed by atoms with Crippen LogP contribution in [0.25, 0.3) is 11.1 Å². The molecule has 1 aliphatic heterocycles. The number of aliphatic hydroxyl groups excluding tert-OH is 2. The summed E-state index contributed by atoms with van der Waals surface area (Å²) in [4.78, 5) is 30.6. The van der Waals surface area contributed by atoms with Gasteiger partial charge >= 0.3 is 11.9 Å². The van der Waals surface area contributed by atoms with Crippen molar-refractivity contribution in [2.45, 2.75) is 65.8 Å². The van der Waals surface area contributed by atoms with Crippen molar-refractivity contribution in [2.75, 3.05) is 46.1 Å². The lowest BCUT2D eigenvalue weighted by atomic mass is 9.88. The van der Waals surface area contributed by atoms with Gasteiger partial charge in [0.25, 0.3) is 0 Å². The maximum absolute atomic E-state index is 12.5. The van der Waals surface area contributed by atoms with Crippen molar-refractivity contribution in [3.05, 3.63) is 105 Å². The third-order valence-corrected chi connectivity index (χ3v) is 10.9. The first-order valence-electron chi connectivity index (χ1n) is 19.2. The third-order valence-electron chi connectivity index (χ3n) is 10.6. The number of likely N-dealkylation sites (tertiary alicyclic amines) is 1. The molecule has 14 heteroatoms. The second kappa shape index (κ2) is 20.0. The number of hydrogen-bond donors (Lipinski definition) is 4. The molecule has 1 unspecified atom stereocenters. The lowest BCUT2D eigenvalue weighted by molar-refractivity contribution is -0.157. The van der Waals surface area contributed by atoms with Crippen LogP contribution >= 0.6 is 11.6 Å². The van der Waals surface area contributed by atoms with E-state index in [1.165, 1.54) is 13.1 Å². The van der Waals surface area contributed by atoms with Crippen molar-refractivity contribution in [3.8, 4) is 34.4 Å². The van der Waals surface area contributed by atoms with Crippen LogP contribution in [0, 0.1) is 30.6 Å². The Bertz CT molecular complexity index is 2130. The number of nitrogens with one attached hydrogen (secondary N) is 1. The van der Waals surface area contributed by atoms with E-state index < -0.39 is 23.5 Å². The number of aliphatic hydroxyl groups is 2. The fourth-order valence-corrected chi connectivity index (χ4v) is 7.09. The lowest BCUT2D eigenvalue weighted by Crippen LogP contribution is -2.52. The van der Waals surface area contributed by atoms with Crippen LogP contribution in [0.1, 0.15) is 60.1 Å². The number of nitriles is 1. The van der Waals surface area contributed by atoms with Crippen LogP contribution in [0.2, 0.25) is 5.02 Å². The Kier molecular flexibility index (Phi) is 15.1. The molecule has 13 nitrogen and oxygen atoms in total. The van der Waals surface area contributed by atoms with Gasteiger partial charge in [-0.25, -0.2) is 0 Å². The van der Waals surface area contributed by atoms with E-state index in [0.29, 0.717) is 54.3 Å². The van der Waals surface area contributed by atoms with Crippen LogP contribution in [0.5, 0.6) is 17.2 Å². The minimum atomic E-state index is -1.60. The highest BCUT2D eigenvalue weighted by molar-refractivity contribution is 6.32. The van der Waals surface area contributed by atoms with Gasteiger partial charge in [0.05, 0.1) is 37.0 Å². The topological polar surface area (TPSA) is 184 Å². The van der Waals surface area contributed by atoms with E-state index in [1.807, 2.05) is 38.1 Å². The van der Waals surface area contributed by atoms with Gasteiger partial charge in [0.2, 0.25) is 0 Å². The molecule has 1 saturated heterocycles. The van der Waals surface area contributed by atoms with E-state index in [-0.39, 0.29) is 44.0 Å². The molecule has 0 aliphatic carbocycles. The number of aliphatic carboxylic acids is 1. The molecule has 4 N–H and O–H groups in total. The van der Waals surface area contributed by atoms with Crippen molar-refractivity contribution in [1.82, 2.24) is 15.2 Å². The third kappa shape index (κ3) is 10.4. The smallest absolute Gasteiger partial charge is 0.326 e. The standard InChI is InChI=1S/C44H51ClN4O9/c1-5-55-42(54)44(28-51)13-15-49(26-44)14-8-16-56-38-12-7-11-36(30(38)3)35-10-6-9-33(29(35)2)25-58-40-19-39(57-24-32-17-31(20-46)21-47-22-32)34(18-37(40)45)23-48-43(4,27-50)41(52)53/h6-7,9-12,17-19,21-22,48,50-51H,5,8,13-16,23-28H2,1-4H3,(H,52,53)/t43-,44?/m0/s1. The number of hydrogen-bond acceptors (Lipinski definition) is 12. The van der Waals surface area contributed by atoms with E-state index in [9.17, 15) is 30.2 Å². The highest BCUT2D eigenvalue weighted by atomic mass is 35.5. The van der Waals surface area contributed by atoms with Gasteiger partial charge in [-0.2, -0.15) is 5.26 Å². The van der Waals surface area contributed by atoms with Gasteiger partial charge in [-0.15, -0.1) is 0 Å². The Morgan fingerprint density at radius 2 is 1.72 bits per heavy atom. The summed E-state index contributed by atoms with van der Waals surface area (Å²) in [7, 11) is 0. The number of aromatic nitrogens is 1. The van der Waals surface area contributed by atoms with Crippen molar-refractivity contribution in [1.29, 1.82) is 5.26 Å². The number of carboxylic acid groups (broad SMARTS) is 1. The molecule has 308 valence electrons. The summed E-state index contributed by atoms with van der Waals surface area (Å²) in [6.45, 7) is 9.32. The molecule has 0 amide bonds. The maximum Gasteiger partial charge on any atom is 0.326 e. The summed E-state index contributed by atoms with van der Waals surface area (Å²) in [5.74, 6) is -0.0524. The second-order valence-corrected chi connectivity index (χ2v) is 15.1. The predicted molar refractivity (Wildman–Crippen MR) is 218 cm³/mol. The van der Waals surface area contributed by atoms with Gasteiger partial charge in [0.15, 0.2) is 0 Å². The van der Waals surface area contributed by atoms with E-state index in [2.05, 4.69) is 33.4 Å². The highest BCUT2D eigenvalue weighted by Crippen LogP contribution is 2.37. The molecule has 2 heterocycles. The van der Waals surface area contributed by atoms with E-state index >= 15 is 0 Å². The molecular formula is C44H51ClN4O9. The fraction of sp³-hybridized carbons (Fsp3) is 0.409. The molecular weight excluding hydrogens is 764 g/mol. The van der Waals surface area contributed by atoms with Gasteiger partial charge in [0.1, 0.15) is 47.5 Å². The Morgan fingerprint density at radius 1 is 0.983 bits per heavy atom. The fourth-order valence-electron chi connectivity index (χ4n) is 6.85. The summed E-state index contributed by atoms with van der Waals surface area (Å²) < 4.78 is 24.0. The van der Waals surface area contributed by atoms with Crippen molar-refractivity contribution >= 4 is 23.5 Å². The number of pyridine rings is 1. The van der Waals surface area contributed by atoms with Crippen LogP contribution in [0.15, 0.2) is 67.0 Å². The maximum atomic E-state index is 12.5. The number of carbonyl (C=O) groups excluding carboxylic acids is 1. The Morgan fingerprint density at radius 3 is 2.43 bits per heavy atom. The molecule has 1 aromatic heterocycles. The molecule has 0 spiro atoms. The van der Waals surface area contributed by atoms with Crippen LogP contribution in [0.3, 0.4) is 0 Å². The normalized spacial score (nSPS) is 16.3. The number of halogens is 1. The van der Waals surface area contributed by atoms with Gasteiger partial charge in [0, 0.05) is 49.2 Å². The monoisotopic (exact) mass is 814 g/mol. The predicted octanol–water partition coefficient (Wildman–Crippen LogP) is 5.99. The van der Waals surface area contributed by atoms with Crippen LogP contribution in [-0.2, 0) is 34.1 Å². The molecule has 4 aromatic rings. The molecule has 0 saturated carbocycles. The average molecular weight is 815 g/mol. The zero-order valence-electron chi connectivity index (χ0n) is 33.3. The van der Waals surface area contributed by atoms with Crippen LogP contribution in [0.4, 0.5) is 0 Å². The summed E-state index contributed by atoms with van der Waals surface area (Å²) in [5, 5.41) is 41.9. The van der Waals surface area contributed by atoms with Crippen LogP contribution in [-0.4, -0.2) is 88.7 Å². The first-order valence-corrected chi connectivity index (χ1v) is 19.6. The molecule has 3 aromatic carbocycles. The number of esters is 1. The minimum Gasteiger partial charge on any atom is -0.493 e. The largest absolute Gasteiger partial charge is 0.493 e. The number of carbonyl (C=O) groups is 2. The van der Waals surface area contributed by atoms with Crippen molar-refractivity contribution in [2.24, 2.45) is 5.41 Å². The SMILES string of the molecule is CCOC(=O)C1(CO)CCN(CCCOc2cccc(-c3cccc(COc4cc(OCc5cncc(C#N)c5)c(CN[C@@](C)(CO)C(=O)O)cc4Cl)c3C)c2C)C1. The zero-order valence-corrected chi connectivity index (χ0v) is 34.1. The summed E-state index contributed by atoms with van der Waals surface area (Å²) >= 11 is 6.74. The quantitative estimate of drug-likeness (QED) is 0.0604. The summed E-state index contributed by atoms with van der Waals surface area (Å²) in [6, 6.07) is 19.0. The number of nitrogens with zero attached hydrogens (tertiary/aromatic N) is 3. The van der Waals surface area contributed by atoms with E-state index in [4.69, 9.17) is 30.5 Å². The Balaban J connectivity index is 1.27. The molecule has 0 bridgehead atoms. The lowest BCUT2D eigenvalue weighted by Gasteiger charge is -2.25. The second-order valence-electron chi connectivity index (χ2n) is 14.7. The number of rotatable bonds is 20. The first kappa shape index (κ1) is 43.9. The number of ether oxygens (including phenoxy) is 4. The molecule has 1 fully saturated rings. The van der Waals surface area contributed by atoms with Crippen LogP contribution < -0.4 is 19.5 Å². The molecule has 2 atom stereocenters.